The van der Waals surface area contributed by atoms with Crippen molar-refractivity contribution in [2.75, 3.05) is 6.73 Å². The SMILES string of the molecule is Cc1ccccc1/C=C1\Oc2c3c(cc(C)c2C1=O)OCN(Cc1cccnc1)C3. The van der Waals surface area contributed by atoms with Crippen LogP contribution in [-0.2, 0) is 13.1 Å². The highest BCUT2D eigenvalue weighted by Crippen LogP contribution is 2.44. The summed E-state index contributed by atoms with van der Waals surface area (Å²) in [5.41, 5.74) is 5.64. The summed E-state index contributed by atoms with van der Waals surface area (Å²) < 4.78 is 12.2. The van der Waals surface area contributed by atoms with Crippen LogP contribution in [0.3, 0.4) is 0 Å². The first kappa shape index (κ1) is 18.6. The minimum absolute atomic E-state index is 0.0714. The fourth-order valence-corrected chi connectivity index (χ4v) is 4.02. The number of hydrogen-bond acceptors (Lipinski definition) is 5. The molecule has 5 rings (SSSR count). The smallest absolute Gasteiger partial charge is 0.232 e. The van der Waals surface area contributed by atoms with E-state index in [9.17, 15) is 4.79 Å². The number of hydrogen-bond donors (Lipinski definition) is 0. The van der Waals surface area contributed by atoms with Crippen molar-refractivity contribution in [3.05, 3.63) is 94.0 Å². The Hall–Kier alpha value is -3.44. The first-order valence-electron chi connectivity index (χ1n) is 10.0. The molecule has 0 amide bonds. The maximum atomic E-state index is 13.1. The van der Waals surface area contributed by atoms with E-state index in [1.54, 1.807) is 6.20 Å². The van der Waals surface area contributed by atoms with Gasteiger partial charge in [0.05, 0.1) is 11.1 Å². The quantitative estimate of drug-likeness (QED) is 0.600. The van der Waals surface area contributed by atoms with E-state index in [1.165, 1.54) is 0 Å². The number of ether oxygens (including phenoxy) is 2. The second-order valence-corrected chi connectivity index (χ2v) is 7.79. The predicted molar refractivity (Wildman–Crippen MR) is 114 cm³/mol. The maximum absolute atomic E-state index is 13.1. The van der Waals surface area contributed by atoms with Crippen LogP contribution in [0, 0.1) is 13.8 Å². The number of nitrogens with zero attached hydrogens (tertiary/aromatic N) is 2. The second-order valence-electron chi connectivity index (χ2n) is 7.79. The number of carbonyl (C=O) groups excluding carboxylic acids is 1. The molecule has 0 saturated heterocycles. The largest absolute Gasteiger partial charge is 0.478 e. The van der Waals surface area contributed by atoms with Gasteiger partial charge in [-0.25, -0.2) is 0 Å². The molecule has 0 spiro atoms. The molecule has 0 saturated carbocycles. The number of aromatic nitrogens is 1. The fourth-order valence-electron chi connectivity index (χ4n) is 4.02. The Kier molecular flexibility index (Phi) is 4.60. The first-order chi connectivity index (χ1) is 14.6. The highest BCUT2D eigenvalue weighted by molar-refractivity contribution is 6.16. The predicted octanol–water partition coefficient (Wildman–Crippen LogP) is 4.67. The summed E-state index contributed by atoms with van der Waals surface area (Å²) in [6.07, 6.45) is 5.46. The minimum atomic E-state index is -0.0714. The van der Waals surface area contributed by atoms with Gasteiger partial charge >= 0.3 is 0 Å². The van der Waals surface area contributed by atoms with E-state index in [1.807, 2.05) is 68.6 Å². The van der Waals surface area contributed by atoms with Crippen LogP contribution in [-0.4, -0.2) is 22.4 Å². The lowest BCUT2D eigenvalue weighted by molar-refractivity contribution is 0.0871. The van der Waals surface area contributed by atoms with Gasteiger partial charge in [-0.05, 0) is 54.3 Å². The van der Waals surface area contributed by atoms with E-state index in [0.29, 0.717) is 30.3 Å². The van der Waals surface area contributed by atoms with Crippen molar-refractivity contribution in [3.63, 3.8) is 0 Å². The Morgan fingerprint density at radius 1 is 1.13 bits per heavy atom. The summed E-state index contributed by atoms with van der Waals surface area (Å²) in [7, 11) is 0. The number of Topliss-reactive ketones (excluding diaryl/α,β-unsaturated/α-hetero) is 1. The molecule has 0 atom stereocenters. The molecule has 5 heteroatoms. The third-order valence-electron chi connectivity index (χ3n) is 5.59. The molecule has 0 unspecified atom stereocenters. The van der Waals surface area contributed by atoms with Crippen molar-refractivity contribution in [2.45, 2.75) is 26.9 Å². The standard InChI is InChI=1S/C25H22N2O3/c1-16-6-3-4-8-19(16)11-22-24(28)23-17(2)10-21-20(25(23)30-22)14-27(15-29-21)13-18-7-5-9-26-12-18/h3-12H,13-15H2,1-2H3/b22-11-. The molecule has 150 valence electrons. The molecular formula is C25H22N2O3. The van der Waals surface area contributed by atoms with Gasteiger partial charge in [0.25, 0.3) is 0 Å². The van der Waals surface area contributed by atoms with Crippen LogP contribution in [0.1, 0.15) is 38.2 Å². The molecule has 2 aromatic carbocycles. The lowest BCUT2D eigenvalue weighted by atomic mass is 9.98. The van der Waals surface area contributed by atoms with Gasteiger partial charge in [0, 0.05) is 25.5 Å². The number of pyridine rings is 1. The second kappa shape index (κ2) is 7.43. The minimum Gasteiger partial charge on any atom is -0.478 e. The molecule has 1 aromatic heterocycles. The summed E-state index contributed by atoms with van der Waals surface area (Å²) in [5.74, 6) is 1.71. The number of benzene rings is 2. The summed E-state index contributed by atoms with van der Waals surface area (Å²) in [6.45, 7) is 5.81. The fraction of sp³-hybridized carbons (Fsp3) is 0.200. The monoisotopic (exact) mass is 398 g/mol. The van der Waals surface area contributed by atoms with E-state index < -0.39 is 0 Å². The zero-order valence-electron chi connectivity index (χ0n) is 17.0. The van der Waals surface area contributed by atoms with Crippen LogP contribution >= 0.6 is 0 Å². The Morgan fingerprint density at radius 2 is 2.00 bits per heavy atom. The Labute approximate surface area is 175 Å². The molecule has 2 aliphatic rings. The number of rotatable bonds is 3. The van der Waals surface area contributed by atoms with Gasteiger partial charge in [-0.2, -0.15) is 0 Å². The molecule has 0 radical (unpaired) electrons. The molecular weight excluding hydrogens is 376 g/mol. The summed E-state index contributed by atoms with van der Waals surface area (Å²) in [4.78, 5) is 19.5. The van der Waals surface area contributed by atoms with E-state index in [-0.39, 0.29) is 5.78 Å². The topological polar surface area (TPSA) is 51.7 Å². The average molecular weight is 398 g/mol. The van der Waals surface area contributed by atoms with Crippen LogP contribution < -0.4 is 9.47 Å². The Bertz CT molecular complexity index is 1170. The molecule has 0 bridgehead atoms. The lowest BCUT2D eigenvalue weighted by Crippen LogP contribution is -2.31. The Morgan fingerprint density at radius 3 is 2.80 bits per heavy atom. The molecule has 0 aliphatic carbocycles. The number of carbonyl (C=O) groups is 1. The maximum Gasteiger partial charge on any atom is 0.232 e. The van der Waals surface area contributed by atoms with Gasteiger partial charge in [0.15, 0.2) is 5.76 Å². The summed E-state index contributed by atoms with van der Waals surface area (Å²) >= 11 is 0. The number of ketones is 1. The lowest BCUT2D eigenvalue weighted by Gasteiger charge is -2.30. The van der Waals surface area contributed by atoms with Crippen LogP contribution in [0.2, 0.25) is 0 Å². The van der Waals surface area contributed by atoms with Crippen molar-refractivity contribution in [2.24, 2.45) is 0 Å². The number of fused-ring (bicyclic) bond motifs is 3. The molecule has 30 heavy (non-hydrogen) atoms. The van der Waals surface area contributed by atoms with Crippen molar-refractivity contribution >= 4 is 11.9 Å². The van der Waals surface area contributed by atoms with Crippen molar-refractivity contribution in [1.29, 1.82) is 0 Å². The van der Waals surface area contributed by atoms with Crippen LogP contribution in [0.5, 0.6) is 11.5 Å². The summed E-state index contributed by atoms with van der Waals surface area (Å²) in [5, 5.41) is 0. The molecule has 3 heterocycles. The number of allylic oxidation sites excluding steroid dienone is 1. The Balaban J connectivity index is 1.49. The van der Waals surface area contributed by atoms with Gasteiger partial charge < -0.3 is 9.47 Å². The van der Waals surface area contributed by atoms with Gasteiger partial charge in [-0.1, -0.05) is 30.3 Å². The highest BCUT2D eigenvalue weighted by Gasteiger charge is 2.35. The molecule has 0 N–H and O–H groups in total. The molecule has 0 fully saturated rings. The van der Waals surface area contributed by atoms with Gasteiger partial charge in [-0.15, -0.1) is 0 Å². The van der Waals surface area contributed by atoms with Crippen LogP contribution in [0.25, 0.3) is 6.08 Å². The van der Waals surface area contributed by atoms with Crippen molar-refractivity contribution in [3.8, 4) is 11.5 Å². The summed E-state index contributed by atoms with van der Waals surface area (Å²) in [6, 6.07) is 13.9. The van der Waals surface area contributed by atoms with E-state index in [0.717, 1.165) is 40.1 Å². The van der Waals surface area contributed by atoms with Gasteiger partial charge in [0.1, 0.15) is 18.2 Å². The van der Waals surface area contributed by atoms with Crippen molar-refractivity contribution in [1.82, 2.24) is 9.88 Å². The average Bonchev–Trinajstić information content (AvgIpc) is 3.08. The molecule has 2 aliphatic heterocycles. The van der Waals surface area contributed by atoms with Crippen LogP contribution in [0.4, 0.5) is 0 Å². The highest BCUT2D eigenvalue weighted by atomic mass is 16.5. The van der Waals surface area contributed by atoms with Crippen molar-refractivity contribution < 1.29 is 14.3 Å². The molecule has 5 nitrogen and oxygen atoms in total. The number of aryl methyl sites for hydroxylation is 2. The first-order valence-corrected chi connectivity index (χ1v) is 10.0. The van der Waals surface area contributed by atoms with E-state index in [2.05, 4.69) is 9.88 Å². The van der Waals surface area contributed by atoms with E-state index >= 15 is 0 Å². The van der Waals surface area contributed by atoms with Gasteiger partial charge in [-0.3, -0.25) is 14.7 Å². The van der Waals surface area contributed by atoms with E-state index in [4.69, 9.17) is 9.47 Å². The third kappa shape index (κ3) is 3.27. The normalized spacial score (nSPS) is 16.7. The zero-order chi connectivity index (χ0) is 20.7. The van der Waals surface area contributed by atoms with Crippen LogP contribution in [0.15, 0.2) is 60.6 Å². The molecule has 3 aromatic rings. The zero-order valence-corrected chi connectivity index (χ0v) is 17.0. The van der Waals surface area contributed by atoms with Gasteiger partial charge in [0.2, 0.25) is 5.78 Å². The third-order valence-corrected chi connectivity index (χ3v) is 5.59.